The van der Waals surface area contributed by atoms with Crippen LogP contribution in [-0.2, 0) is 33.6 Å². The molecule has 35 heavy (non-hydrogen) atoms. The molecule has 0 saturated carbocycles. The van der Waals surface area contributed by atoms with Crippen LogP contribution in [0.4, 0.5) is 0 Å². The number of fused-ring (bicyclic) bond motifs is 2. The molecule has 1 aliphatic carbocycles. The van der Waals surface area contributed by atoms with E-state index in [1.165, 1.54) is 0 Å². The highest BCUT2D eigenvalue weighted by Crippen LogP contribution is 2.40. The van der Waals surface area contributed by atoms with Gasteiger partial charge in [0.2, 0.25) is 11.8 Å². The molecule has 0 saturated heterocycles. The number of aliphatic carboxylic acids is 1. The molecule has 2 amide bonds. The lowest BCUT2D eigenvalue weighted by atomic mass is 9.80. The van der Waals surface area contributed by atoms with Crippen molar-refractivity contribution < 1.29 is 19.5 Å². The summed E-state index contributed by atoms with van der Waals surface area (Å²) in [5.74, 6) is -1.72. The standard InChI is InChI=1S/C27H32N4O4/c1-31(2)12-11-28-25(34)23(13-20-17-29-22-10-6-5-9-21(20)22)30-26(35)27(16-24(32)33)14-18-7-3-4-8-19(18)15-27/h3-10,17,23,29H,11-16H2,1-2H3,(H,28,34)(H,30,35)(H,32,33)/t23-/m0/s1. The summed E-state index contributed by atoms with van der Waals surface area (Å²) in [7, 11) is 3.84. The molecule has 184 valence electrons. The van der Waals surface area contributed by atoms with Gasteiger partial charge in [-0.15, -0.1) is 0 Å². The number of carbonyl (C=O) groups is 3. The SMILES string of the molecule is CN(C)CCNC(=O)[C@H](Cc1c[nH]c2ccccc12)NC(=O)C1(CC(=O)O)Cc2ccccc2C1. The Balaban J connectivity index is 1.59. The molecule has 0 fully saturated rings. The van der Waals surface area contributed by atoms with Gasteiger partial charge in [-0.05, 0) is 49.7 Å². The Bertz CT molecular complexity index is 1210. The maximum atomic E-state index is 13.7. The van der Waals surface area contributed by atoms with Crippen molar-refractivity contribution in [2.24, 2.45) is 5.41 Å². The minimum atomic E-state index is -1.13. The fourth-order valence-electron chi connectivity index (χ4n) is 4.92. The molecule has 3 aromatic rings. The molecular weight excluding hydrogens is 444 g/mol. The van der Waals surface area contributed by atoms with Gasteiger partial charge in [0, 0.05) is 36.6 Å². The monoisotopic (exact) mass is 476 g/mol. The van der Waals surface area contributed by atoms with Gasteiger partial charge in [-0.1, -0.05) is 42.5 Å². The maximum Gasteiger partial charge on any atom is 0.304 e. The molecule has 1 heterocycles. The van der Waals surface area contributed by atoms with E-state index >= 15 is 0 Å². The average molecular weight is 477 g/mol. The fourth-order valence-corrected chi connectivity index (χ4v) is 4.92. The lowest BCUT2D eigenvalue weighted by molar-refractivity contribution is -0.145. The molecule has 4 N–H and O–H groups in total. The van der Waals surface area contributed by atoms with Crippen LogP contribution < -0.4 is 10.6 Å². The number of carboxylic acids is 1. The van der Waals surface area contributed by atoms with E-state index in [4.69, 9.17) is 0 Å². The van der Waals surface area contributed by atoms with Gasteiger partial charge in [-0.3, -0.25) is 14.4 Å². The zero-order valence-corrected chi connectivity index (χ0v) is 20.1. The third-order valence-corrected chi connectivity index (χ3v) is 6.73. The number of H-pyrrole nitrogens is 1. The number of para-hydroxylation sites is 1. The number of aromatic amines is 1. The van der Waals surface area contributed by atoms with Crippen LogP contribution >= 0.6 is 0 Å². The second-order valence-electron chi connectivity index (χ2n) is 9.66. The van der Waals surface area contributed by atoms with E-state index in [1.807, 2.05) is 73.7 Å². The van der Waals surface area contributed by atoms with E-state index in [1.54, 1.807) is 0 Å². The smallest absolute Gasteiger partial charge is 0.304 e. The molecule has 0 unspecified atom stereocenters. The fraction of sp³-hybridized carbons (Fsp3) is 0.370. The lowest BCUT2D eigenvalue weighted by Gasteiger charge is -2.29. The van der Waals surface area contributed by atoms with Gasteiger partial charge in [0.05, 0.1) is 11.8 Å². The Morgan fingerprint density at radius 2 is 1.71 bits per heavy atom. The van der Waals surface area contributed by atoms with Gasteiger partial charge in [0.25, 0.3) is 0 Å². The molecule has 2 aromatic carbocycles. The molecule has 1 aliphatic rings. The van der Waals surface area contributed by atoms with Crippen LogP contribution in [0.15, 0.2) is 54.7 Å². The van der Waals surface area contributed by atoms with E-state index in [0.29, 0.717) is 32.4 Å². The normalized spacial score (nSPS) is 15.1. The average Bonchev–Trinajstić information content (AvgIpc) is 3.39. The minimum Gasteiger partial charge on any atom is -0.481 e. The molecule has 0 aliphatic heterocycles. The van der Waals surface area contributed by atoms with Gasteiger partial charge >= 0.3 is 5.97 Å². The molecule has 0 bridgehead atoms. The number of hydrogen-bond acceptors (Lipinski definition) is 4. The predicted octanol–water partition coefficient (Wildman–Crippen LogP) is 2.13. The summed E-state index contributed by atoms with van der Waals surface area (Å²) in [5, 5.41) is 16.5. The maximum absolute atomic E-state index is 13.7. The molecule has 1 aromatic heterocycles. The van der Waals surface area contributed by atoms with Crippen LogP contribution in [0.5, 0.6) is 0 Å². The first-order chi connectivity index (χ1) is 16.8. The first-order valence-corrected chi connectivity index (χ1v) is 11.8. The van der Waals surface area contributed by atoms with Crippen LogP contribution in [0.1, 0.15) is 23.1 Å². The highest BCUT2D eigenvalue weighted by atomic mass is 16.4. The number of nitrogens with one attached hydrogen (secondary N) is 3. The predicted molar refractivity (Wildman–Crippen MR) is 134 cm³/mol. The van der Waals surface area contributed by atoms with Crippen molar-refractivity contribution in [3.63, 3.8) is 0 Å². The van der Waals surface area contributed by atoms with Crippen molar-refractivity contribution in [1.29, 1.82) is 0 Å². The minimum absolute atomic E-state index is 0.286. The Hall–Kier alpha value is -3.65. The topological polar surface area (TPSA) is 115 Å². The van der Waals surface area contributed by atoms with Crippen molar-refractivity contribution >= 4 is 28.7 Å². The number of carboxylic acid groups (broad SMARTS) is 1. The highest BCUT2D eigenvalue weighted by molar-refractivity contribution is 5.93. The van der Waals surface area contributed by atoms with Crippen molar-refractivity contribution in [2.75, 3.05) is 27.2 Å². The number of likely N-dealkylation sites (N-methyl/N-ethyl adjacent to an activating group) is 1. The van der Waals surface area contributed by atoms with Crippen LogP contribution in [-0.4, -0.2) is 66.0 Å². The summed E-state index contributed by atoms with van der Waals surface area (Å²) >= 11 is 0. The number of carbonyl (C=O) groups excluding carboxylic acids is 2. The van der Waals surface area contributed by atoms with E-state index in [2.05, 4.69) is 15.6 Å². The molecule has 0 radical (unpaired) electrons. The van der Waals surface area contributed by atoms with Crippen molar-refractivity contribution in [3.8, 4) is 0 Å². The number of benzene rings is 2. The van der Waals surface area contributed by atoms with Gasteiger partial charge in [-0.25, -0.2) is 0 Å². The van der Waals surface area contributed by atoms with Crippen LogP contribution in [0.2, 0.25) is 0 Å². The molecule has 8 nitrogen and oxygen atoms in total. The second-order valence-corrected chi connectivity index (χ2v) is 9.66. The van der Waals surface area contributed by atoms with E-state index in [-0.39, 0.29) is 12.3 Å². The summed E-state index contributed by atoms with van der Waals surface area (Å²) in [6.07, 6.45) is 2.53. The molecule has 1 atom stereocenters. The third-order valence-electron chi connectivity index (χ3n) is 6.73. The number of amides is 2. The first-order valence-electron chi connectivity index (χ1n) is 11.8. The largest absolute Gasteiger partial charge is 0.481 e. The Labute approximate surface area is 204 Å². The Morgan fingerprint density at radius 1 is 1.06 bits per heavy atom. The highest BCUT2D eigenvalue weighted by Gasteiger charge is 2.46. The summed E-state index contributed by atoms with van der Waals surface area (Å²) in [4.78, 5) is 43.9. The van der Waals surface area contributed by atoms with Crippen molar-refractivity contribution in [2.45, 2.75) is 31.7 Å². The van der Waals surface area contributed by atoms with Crippen LogP contribution in [0.25, 0.3) is 10.9 Å². The molecular formula is C27H32N4O4. The first kappa shape index (κ1) is 24.5. The summed E-state index contributed by atoms with van der Waals surface area (Å²) < 4.78 is 0. The Kier molecular flexibility index (Phi) is 7.21. The lowest BCUT2D eigenvalue weighted by Crippen LogP contribution is -2.54. The van der Waals surface area contributed by atoms with E-state index in [0.717, 1.165) is 27.6 Å². The zero-order valence-electron chi connectivity index (χ0n) is 20.1. The van der Waals surface area contributed by atoms with Crippen molar-refractivity contribution in [3.05, 3.63) is 71.4 Å². The molecule has 4 rings (SSSR count). The zero-order chi connectivity index (χ0) is 25.0. The summed E-state index contributed by atoms with van der Waals surface area (Å²) in [5.41, 5.74) is 2.70. The van der Waals surface area contributed by atoms with Gasteiger partial charge in [-0.2, -0.15) is 0 Å². The number of rotatable bonds is 10. The second kappa shape index (κ2) is 10.3. The van der Waals surface area contributed by atoms with Crippen LogP contribution in [0, 0.1) is 5.41 Å². The number of nitrogens with zero attached hydrogens (tertiary/aromatic N) is 1. The van der Waals surface area contributed by atoms with Gasteiger partial charge in [0.1, 0.15) is 6.04 Å². The summed E-state index contributed by atoms with van der Waals surface area (Å²) in [6, 6.07) is 14.6. The van der Waals surface area contributed by atoms with Crippen LogP contribution in [0.3, 0.4) is 0 Å². The molecule has 0 spiro atoms. The molecule has 8 heteroatoms. The van der Waals surface area contributed by atoms with E-state index in [9.17, 15) is 19.5 Å². The number of hydrogen-bond donors (Lipinski definition) is 4. The van der Waals surface area contributed by atoms with Crippen molar-refractivity contribution in [1.82, 2.24) is 20.5 Å². The quantitative estimate of drug-likeness (QED) is 0.358. The Morgan fingerprint density at radius 3 is 2.37 bits per heavy atom. The van der Waals surface area contributed by atoms with E-state index < -0.39 is 23.3 Å². The summed E-state index contributed by atoms with van der Waals surface area (Å²) in [6.45, 7) is 1.11. The number of aromatic nitrogens is 1. The van der Waals surface area contributed by atoms with Gasteiger partial charge < -0.3 is 25.6 Å². The third kappa shape index (κ3) is 5.54. The van der Waals surface area contributed by atoms with Gasteiger partial charge in [0.15, 0.2) is 0 Å².